The van der Waals surface area contributed by atoms with Gasteiger partial charge in [-0.2, -0.15) is 0 Å². The van der Waals surface area contributed by atoms with Crippen molar-refractivity contribution in [3.8, 4) is 0 Å². The molecule has 0 aliphatic rings. The number of benzene rings is 4. The smallest absolute Gasteiger partial charge is 0.264 e. The van der Waals surface area contributed by atoms with Crippen LogP contribution in [0.2, 0.25) is 10.0 Å². The molecular weight excluding hydrogens is 629 g/mol. The lowest BCUT2D eigenvalue weighted by molar-refractivity contribution is -0.140. The highest BCUT2D eigenvalue weighted by Gasteiger charge is 2.35. The van der Waals surface area contributed by atoms with E-state index in [1.54, 1.807) is 30.3 Å². The molecule has 0 aliphatic heterocycles. The Balaban J connectivity index is 1.82. The van der Waals surface area contributed by atoms with Crippen molar-refractivity contribution < 1.29 is 18.0 Å². The summed E-state index contributed by atoms with van der Waals surface area (Å²) < 4.78 is 29.4. The molecule has 0 radical (unpaired) electrons. The maximum absolute atomic E-state index is 14.5. The van der Waals surface area contributed by atoms with Crippen molar-refractivity contribution in [3.05, 3.63) is 129 Å². The maximum atomic E-state index is 14.5. The molecule has 1 N–H and O–H groups in total. The normalized spacial score (nSPS) is 12.1. The number of hydrogen-bond acceptors (Lipinski definition) is 4. The second-order valence-electron chi connectivity index (χ2n) is 11.3. The first-order valence-electron chi connectivity index (χ1n) is 14.6. The number of carbonyl (C=O) groups excluding carboxylic acids is 2. The highest BCUT2D eigenvalue weighted by Crippen LogP contribution is 2.28. The molecule has 0 aliphatic carbocycles. The number of amides is 2. The standard InChI is InChI=1S/C35H37Cl2N3O4S/c1-24(2)38-35(42)33(21-27-9-6-5-7-10-27)39(22-28-11-8-12-30(37)20-28)34(41)23-40(31-16-13-25(3)26(4)19-31)45(43,44)32-17-14-29(36)15-18-32/h5-20,24,33H,21-23H2,1-4H3,(H,38,42). The minimum absolute atomic E-state index is 0.0160. The number of aryl methyl sites for hydroxylation is 2. The molecule has 4 rings (SSSR count). The van der Waals surface area contributed by atoms with Crippen LogP contribution in [-0.2, 0) is 32.6 Å². The van der Waals surface area contributed by atoms with Gasteiger partial charge in [-0.25, -0.2) is 8.42 Å². The Morgan fingerprint density at radius 1 is 0.778 bits per heavy atom. The molecule has 4 aromatic rings. The fourth-order valence-corrected chi connectivity index (χ4v) is 6.65. The summed E-state index contributed by atoms with van der Waals surface area (Å²) in [6, 6.07) is 26.4. The van der Waals surface area contributed by atoms with Crippen LogP contribution in [0.5, 0.6) is 0 Å². The first-order chi connectivity index (χ1) is 21.3. The van der Waals surface area contributed by atoms with Crippen LogP contribution in [0.25, 0.3) is 0 Å². The lowest BCUT2D eigenvalue weighted by Crippen LogP contribution is -2.54. The van der Waals surface area contributed by atoms with Gasteiger partial charge in [-0.1, -0.05) is 71.7 Å². The molecule has 4 aromatic carbocycles. The van der Waals surface area contributed by atoms with Gasteiger partial charge in [-0.15, -0.1) is 0 Å². The van der Waals surface area contributed by atoms with Gasteiger partial charge >= 0.3 is 0 Å². The second-order valence-corrected chi connectivity index (χ2v) is 14.0. The van der Waals surface area contributed by atoms with Crippen molar-refractivity contribution in [3.63, 3.8) is 0 Å². The van der Waals surface area contributed by atoms with Gasteiger partial charge in [0.2, 0.25) is 11.8 Å². The summed E-state index contributed by atoms with van der Waals surface area (Å²) in [5, 5.41) is 3.82. The van der Waals surface area contributed by atoms with Crippen LogP contribution in [0.3, 0.4) is 0 Å². The molecule has 0 saturated heterocycles. The number of hydrogen-bond donors (Lipinski definition) is 1. The van der Waals surface area contributed by atoms with E-state index < -0.39 is 28.5 Å². The first kappa shape index (κ1) is 34.0. The van der Waals surface area contributed by atoms with Crippen LogP contribution in [0, 0.1) is 13.8 Å². The van der Waals surface area contributed by atoms with Gasteiger partial charge < -0.3 is 10.2 Å². The van der Waals surface area contributed by atoms with Crippen LogP contribution in [0.15, 0.2) is 102 Å². The van der Waals surface area contributed by atoms with E-state index in [2.05, 4.69) is 5.32 Å². The van der Waals surface area contributed by atoms with Crippen LogP contribution >= 0.6 is 23.2 Å². The molecular formula is C35H37Cl2N3O4S. The quantitative estimate of drug-likeness (QED) is 0.177. The van der Waals surface area contributed by atoms with Crippen LogP contribution in [0.4, 0.5) is 5.69 Å². The Bertz CT molecular complexity index is 1750. The molecule has 10 heteroatoms. The Labute approximate surface area is 275 Å². The lowest BCUT2D eigenvalue weighted by atomic mass is 10.0. The zero-order chi connectivity index (χ0) is 32.7. The van der Waals surface area contributed by atoms with Gasteiger partial charge in [0.1, 0.15) is 12.6 Å². The predicted molar refractivity (Wildman–Crippen MR) is 181 cm³/mol. The number of sulfonamides is 1. The van der Waals surface area contributed by atoms with Crippen LogP contribution in [-0.4, -0.2) is 43.8 Å². The molecule has 0 saturated carbocycles. The average Bonchev–Trinajstić information content (AvgIpc) is 2.99. The van der Waals surface area contributed by atoms with E-state index in [-0.39, 0.29) is 29.8 Å². The Morgan fingerprint density at radius 3 is 2.07 bits per heavy atom. The van der Waals surface area contributed by atoms with E-state index in [0.717, 1.165) is 21.0 Å². The monoisotopic (exact) mass is 665 g/mol. The molecule has 1 unspecified atom stereocenters. The highest BCUT2D eigenvalue weighted by molar-refractivity contribution is 7.92. The van der Waals surface area contributed by atoms with Crippen molar-refractivity contribution in [2.24, 2.45) is 0 Å². The maximum Gasteiger partial charge on any atom is 0.264 e. The van der Waals surface area contributed by atoms with Crippen LogP contribution in [0.1, 0.15) is 36.1 Å². The van der Waals surface area contributed by atoms with Crippen molar-refractivity contribution in [2.45, 2.75) is 57.6 Å². The van der Waals surface area contributed by atoms with E-state index in [4.69, 9.17) is 23.2 Å². The Hall–Kier alpha value is -3.85. The van der Waals surface area contributed by atoms with Gasteiger partial charge in [-0.3, -0.25) is 13.9 Å². The van der Waals surface area contributed by atoms with E-state index in [9.17, 15) is 18.0 Å². The summed E-state index contributed by atoms with van der Waals surface area (Å²) in [6.45, 7) is 6.99. The summed E-state index contributed by atoms with van der Waals surface area (Å²) in [6.07, 6.45) is 0.222. The fraction of sp³-hybridized carbons (Fsp3) is 0.257. The molecule has 1 atom stereocenters. The molecule has 2 amide bonds. The number of anilines is 1. The average molecular weight is 667 g/mol. The molecule has 0 heterocycles. The Kier molecular flexibility index (Phi) is 11.3. The van der Waals surface area contributed by atoms with Gasteiger partial charge in [0.05, 0.1) is 10.6 Å². The third-order valence-electron chi connectivity index (χ3n) is 7.40. The summed E-state index contributed by atoms with van der Waals surface area (Å²) in [4.78, 5) is 29.7. The molecule has 0 spiro atoms. The van der Waals surface area contributed by atoms with Crippen molar-refractivity contribution in [2.75, 3.05) is 10.8 Å². The number of rotatable bonds is 12. The largest absolute Gasteiger partial charge is 0.352 e. The van der Waals surface area contributed by atoms with E-state index in [0.29, 0.717) is 21.3 Å². The number of halogens is 2. The van der Waals surface area contributed by atoms with Crippen molar-refractivity contribution in [1.29, 1.82) is 0 Å². The molecule has 0 fully saturated rings. The summed E-state index contributed by atoms with van der Waals surface area (Å²) >= 11 is 12.4. The molecule has 45 heavy (non-hydrogen) atoms. The zero-order valence-corrected chi connectivity index (χ0v) is 28.0. The summed E-state index contributed by atoms with van der Waals surface area (Å²) in [5.74, 6) is -0.895. The van der Waals surface area contributed by atoms with E-state index in [1.165, 1.54) is 29.2 Å². The van der Waals surface area contributed by atoms with Gasteiger partial charge in [0.25, 0.3) is 10.0 Å². The minimum Gasteiger partial charge on any atom is -0.352 e. The van der Waals surface area contributed by atoms with E-state index >= 15 is 0 Å². The number of nitrogens with one attached hydrogen (secondary N) is 1. The van der Waals surface area contributed by atoms with E-state index in [1.807, 2.05) is 70.2 Å². The third kappa shape index (κ3) is 8.87. The van der Waals surface area contributed by atoms with Gasteiger partial charge in [0.15, 0.2) is 0 Å². The minimum atomic E-state index is -4.23. The van der Waals surface area contributed by atoms with Gasteiger partial charge in [0, 0.05) is 29.1 Å². The SMILES string of the molecule is Cc1ccc(N(CC(=O)N(Cc2cccc(Cl)c2)C(Cc2ccccc2)C(=O)NC(C)C)S(=O)(=O)c2ccc(Cl)cc2)cc1C. The lowest BCUT2D eigenvalue weighted by Gasteiger charge is -2.34. The molecule has 0 bridgehead atoms. The number of carbonyl (C=O) groups is 2. The predicted octanol–water partition coefficient (Wildman–Crippen LogP) is 6.97. The summed E-state index contributed by atoms with van der Waals surface area (Å²) in [7, 11) is -4.23. The van der Waals surface area contributed by atoms with Crippen molar-refractivity contribution in [1.82, 2.24) is 10.2 Å². The Morgan fingerprint density at radius 2 is 1.44 bits per heavy atom. The first-order valence-corrected chi connectivity index (χ1v) is 16.8. The fourth-order valence-electron chi connectivity index (χ4n) is 4.91. The molecule has 7 nitrogen and oxygen atoms in total. The van der Waals surface area contributed by atoms with Crippen LogP contribution < -0.4 is 9.62 Å². The molecule has 0 aromatic heterocycles. The highest BCUT2D eigenvalue weighted by atomic mass is 35.5. The molecule has 236 valence electrons. The third-order valence-corrected chi connectivity index (χ3v) is 9.68. The van der Waals surface area contributed by atoms with Gasteiger partial charge in [-0.05, 0) is 98.5 Å². The second kappa shape index (κ2) is 15.0. The number of nitrogens with zero attached hydrogens (tertiary/aromatic N) is 2. The zero-order valence-electron chi connectivity index (χ0n) is 25.7. The summed E-state index contributed by atoms with van der Waals surface area (Å²) in [5.41, 5.74) is 3.72. The topological polar surface area (TPSA) is 86.8 Å². The van der Waals surface area contributed by atoms with Crippen molar-refractivity contribution >= 4 is 50.7 Å².